The van der Waals surface area contributed by atoms with Crippen molar-refractivity contribution in [2.45, 2.75) is 39.7 Å². The van der Waals surface area contributed by atoms with Crippen molar-refractivity contribution in [1.82, 2.24) is 4.98 Å². The van der Waals surface area contributed by atoms with Gasteiger partial charge in [-0.05, 0) is 42.7 Å². The van der Waals surface area contributed by atoms with Crippen molar-refractivity contribution < 1.29 is 23.4 Å². The Morgan fingerprint density at radius 1 is 1.27 bits per heavy atom. The van der Waals surface area contributed by atoms with Crippen molar-refractivity contribution >= 4 is 16.9 Å². The van der Waals surface area contributed by atoms with E-state index in [0.717, 1.165) is 23.3 Å². The number of hydrogen-bond acceptors (Lipinski definition) is 4. The largest absolute Gasteiger partial charge is 0.481 e. The van der Waals surface area contributed by atoms with Gasteiger partial charge < -0.3 is 14.3 Å². The molecule has 0 saturated carbocycles. The number of nitrogens with zero attached hydrogens (tertiary/aromatic N) is 1. The van der Waals surface area contributed by atoms with Crippen LogP contribution >= 0.6 is 0 Å². The number of aryl methyl sites for hydroxylation is 3. The molecule has 6 heteroatoms. The number of fused-ring (bicyclic) bond motifs is 1. The summed E-state index contributed by atoms with van der Waals surface area (Å²) in [6, 6.07) is 6.44. The average Bonchev–Trinajstić information content (AvgIpc) is 3.01. The highest BCUT2D eigenvalue weighted by Gasteiger charge is 2.12. The van der Waals surface area contributed by atoms with Crippen LogP contribution in [0.25, 0.3) is 11.0 Å². The molecule has 3 rings (SSSR count). The molecule has 3 aromatic rings. The molecule has 0 unspecified atom stereocenters. The molecular weight excluding hydrogens is 337 g/mol. The van der Waals surface area contributed by atoms with Gasteiger partial charge in [0.1, 0.15) is 23.8 Å². The van der Waals surface area contributed by atoms with Gasteiger partial charge in [-0.2, -0.15) is 0 Å². The van der Waals surface area contributed by atoms with E-state index >= 15 is 0 Å². The van der Waals surface area contributed by atoms with Gasteiger partial charge in [0.15, 0.2) is 0 Å². The van der Waals surface area contributed by atoms with Gasteiger partial charge in [-0.25, -0.2) is 9.37 Å². The minimum absolute atomic E-state index is 0.0578. The third kappa shape index (κ3) is 4.02. The van der Waals surface area contributed by atoms with Crippen molar-refractivity contribution in [1.29, 1.82) is 0 Å². The summed E-state index contributed by atoms with van der Waals surface area (Å²) in [4.78, 5) is 14.9. The molecule has 0 aliphatic heterocycles. The van der Waals surface area contributed by atoms with E-state index in [2.05, 4.69) is 4.98 Å². The number of hydrogen-bond donors (Lipinski definition) is 1. The quantitative estimate of drug-likeness (QED) is 0.677. The van der Waals surface area contributed by atoms with E-state index in [4.69, 9.17) is 14.3 Å². The molecule has 0 spiro atoms. The number of aromatic nitrogens is 1. The van der Waals surface area contributed by atoms with Crippen LogP contribution in [-0.2, 0) is 24.2 Å². The summed E-state index contributed by atoms with van der Waals surface area (Å²) in [7, 11) is 0. The summed E-state index contributed by atoms with van der Waals surface area (Å²) in [5.74, 6) is 0.0160. The number of aliphatic carboxylic acids is 1. The molecule has 0 radical (unpaired) electrons. The highest BCUT2D eigenvalue weighted by atomic mass is 19.1. The fraction of sp³-hybridized carbons (Fsp3) is 0.300. The molecule has 0 fully saturated rings. The first-order valence-electron chi connectivity index (χ1n) is 8.47. The summed E-state index contributed by atoms with van der Waals surface area (Å²) >= 11 is 0. The number of carbonyl (C=O) groups is 1. The first-order chi connectivity index (χ1) is 12.5. The monoisotopic (exact) mass is 357 g/mol. The molecule has 0 aliphatic rings. The van der Waals surface area contributed by atoms with Crippen LogP contribution in [0.15, 0.2) is 34.9 Å². The Balaban J connectivity index is 1.76. The SMILES string of the molecule is CCc1cc2cc(F)cc(COc3cc(C)c(CCC(=O)O)cn3)c2o1. The number of ether oxygens (including phenoxy) is 1. The van der Waals surface area contributed by atoms with Gasteiger partial charge in [-0.3, -0.25) is 4.79 Å². The Morgan fingerprint density at radius 2 is 2.08 bits per heavy atom. The van der Waals surface area contributed by atoms with Crippen LogP contribution < -0.4 is 4.74 Å². The van der Waals surface area contributed by atoms with Crippen LogP contribution in [0.1, 0.15) is 35.8 Å². The molecular formula is C20H20FNO4. The van der Waals surface area contributed by atoms with Gasteiger partial charge in [0, 0.05) is 36.1 Å². The van der Waals surface area contributed by atoms with Crippen LogP contribution in [0, 0.1) is 12.7 Å². The zero-order valence-electron chi connectivity index (χ0n) is 14.7. The Bertz CT molecular complexity index is 948. The van der Waals surface area contributed by atoms with E-state index in [-0.39, 0.29) is 18.8 Å². The Kier molecular flexibility index (Phi) is 5.21. The summed E-state index contributed by atoms with van der Waals surface area (Å²) in [6.07, 6.45) is 2.83. The smallest absolute Gasteiger partial charge is 0.303 e. The van der Waals surface area contributed by atoms with E-state index in [1.54, 1.807) is 12.3 Å². The lowest BCUT2D eigenvalue weighted by Crippen LogP contribution is -2.02. The van der Waals surface area contributed by atoms with Crippen molar-refractivity contribution in [3.8, 4) is 5.88 Å². The Hall–Kier alpha value is -2.89. The molecule has 26 heavy (non-hydrogen) atoms. The normalized spacial score (nSPS) is 11.0. The molecule has 0 amide bonds. The first-order valence-corrected chi connectivity index (χ1v) is 8.47. The van der Waals surface area contributed by atoms with Crippen molar-refractivity contribution in [3.05, 3.63) is 58.7 Å². The Morgan fingerprint density at radius 3 is 2.77 bits per heavy atom. The molecule has 0 bridgehead atoms. The lowest BCUT2D eigenvalue weighted by molar-refractivity contribution is -0.136. The number of halogens is 1. The highest BCUT2D eigenvalue weighted by Crippen LogP contribution is 2.26. The van der Waals surface area contributed by atoms with Crippen LogP contribution in [0.3, 0.4) is 0 Å². The van der Waals surface area contributed by atoms with Crippen molar-refractivity contribution in [3.63, 3.8) is 0 Å². The zero-order chi connectivity index (χ0) is 18.7. The van der Waals surface area contributed by atoms with Crippen LogP contribution in [0.4, 0.5) is 4.39 Å². The average molecular weight is 357 g/mol. The fourth-order valence-electron chi connectivity index (χ4n) is 2.81. The van der Waals surface area contributed by atoms with E-state index in [9.17, 15) is 9.18 Å². The summed E-state index contributed by atoms with van der Waals surface area (Å²) in [5.41, 5.74) is 3.02. The number of carboxylic acids is 1. The van der Waals surface area contributed by atoms with Crippen LogP contribution in [-0.4, -0.2) is 16.1 Å². The second-order valence-electron chi connectivity index (χ2n) is 6.18. The van der Waals surface area contributed by atoms with Gasteiger partial charge in [-0.15, -0.1) is 0 Å². The maximum absolute atomic E-state index is 13.8. The van der Waals surface area contributed by atoms with Crippen molar-refractivity contribution in [2.24, 2.45) is 0 Å². The molecule has 2 aromatic heterocycles. The molecule has 0 atom stereocenters. The molecule has 2 heterocycles. The molecule has 1 aromatic carbocycles. The molecule has 1 N–H and O–H groups in total. The van der Waals surface area contributed by atoms with Gasteiger partial charge in [0.2, 0.25) is 5.88 Å². The fourth-order valence-corrected chi connectivity index (χ4v) is 2.81. The maximum Gasteiger partial charge on any atom is 0.303 e. The summed E-state index contributed by atoms with van der Waals surface area (Å²) in [5, 5.41) is 9.49. The molecule has 5 nitrogen and oxygen atoms in total. The van der Waals surface area contributed by atoms with E-state index in [1.165, 1.54) is 12.1 Å². The number of rotatable bonds is 7. The summed E-state index contributed by atoms with van der Waals surface area (Å²) < 4.78 is 25.3. The number of furan rings is 1. The van der Waals surface area contributed by atoms with E-state index in [0.29, 0.717) is 28.8 Å². The van der Waals surface area contributed by atoms with Gasteiger partial charge in [-0.1, -0.05) is 6.92 Å². The molecule has 0 aliphatic carbocycles. The summed E-state index contributed by atoms with van der Waals surface area (Å²) in [6.45, 7) is 3.99. The highest BCUT2D eigenvalue weighted by molar-refractivity contribution is 5.81. The minimum Gasteiger partial charge on any atom is -0.481 e. The van der Waals surface area contributed by atoms with Gasteiger partial charge in [0.25, 0.3) is 0 Å². The maximum atomic E-state index is 13.8. The van der Waals surface area contributed by atoms with E-state index in [1.807, 2.05) is 19.9 Å². The van der Waals surface area contributed by atoms with Gasteiger partial charge in [0.05, 0.1) is 0 Å². The zero-order valence-corrected chi connectivity index (χ0v) is 14.7. The Labute approximate surface area is 150 Å². The lowest BCUT2D eigenvalue weighted by Gasteiger charge is -2.09. The topological polar surface area (TPSA) is 72.6 Å². The van der Waals surface area contributed by atoms with Gasteiger partial charge >= 0.3 is 5.97 Å². The van der Waals surface area contributed by atoms with Crippen LogP contribution in [0.5, 0.6) is 5.88 Å². The third-order valence-electron chi connectivity index (χ3n) is 4.24. The first kappa shape index (κ1) is 17.9. The predicted octanol–water partition coefficient (Wildman–Crippen LogP) is 4.43. The minimum atomic E-state index is -0.843. The second kappa shape index (κ2) is 7.56. The standard InChI is InChI=1S/C20H20FNO4/c1-3-17-9-14-7-16(21)8-15(20(14)26-17)11-25-18-6-12(2)13(10-22-18)4-5-19(23)24/h6-10H,3-5,11H2,1-2H3,(H,23,24). The lowest BCUT2D eigenvalue weighted by atomic mass is 10.1. The molecule has 0 saturated heterocycles. The number of benzene rings is 1. The third-order valence-corrected chi connectivity index (χ3v) is 4.24. The van der Waals surface area contributed by atoms with Crippen molar-refractivity contribution in [2.75, 3.05) is 0 Å². The number of pyridine rings is 1. The molecule has 136 valence electrons. The number of carboxylic acid groups (broad SMARTS) is 1. The second-order valence-corrected chi connectivity index (χ2v) is 6.18. The van der Waals surface area contributed by atoms with E-state index < -0.39 is 5.97 Å². The predicted molar refractivity (Wildman–Crippen MR) is 94.8 cm³/mol. The van der Waals surface area contributed by atoms with Crippen LogP contribution in [0.2, 0.25) is 0 Å².